The number of hydrogen-bond acceptors (Lipinski definition) is 4. The van der Waals surface area contributed by atoms with Crippen molar-refractivity contribution in [1.82, 2.24) is 10.3 Å². The maximum absolute atomic E-state index is 12.4. The summed E-state index contributed by atoms with van der Waals surface area (Å²) in [6, 6.07) is 6.99. The summed E-state index contributed by atoms with van der Waals surface area (Å²) in [6.45, 7) is 6.13. The van der Waals surface area contributed by atoms with Gasteiger partial charge in [0.05, 0.1) is 18.7 Å². The smallest absolute Gasteiger partial charge is 0.355 e. The van der Waals surface area contributed by atoms with Crippen LogP contribution in [-0.4, -0.2) is 36.6 Å². The van der Waals surface area contributed by atoms with E-state index in [2.05, 4.69) is 10.3 Å². The van der Waals surface area contributed by atoms with Crippen LogP contribution >= 0.6 is 11.6 Å². The van der Waals surface area contributed by atoms with Crippen LogP contribution in [0, 0.1) is 13.8 Å². The number of carbonyl (C=O) groups excluding carboxylic acids is 2. The van der Waals surface area contributed by atoms with E-state index in [1.165, 1.54) is 0 Å². The molecule has 1 aromatic carbocycles. The highest BCUT2D eigenvalue weighted by Gasteiger charge is 2.22. The minimum atomic E-state index is -0.465. The Labute approximate surface area is 151 Å². The van der Waals surface area contributed by atoms with Crippen molar-refractivity contribution in [2.75, 3.05) is 19.8 Å². The van der Waals surface area contributed by atoms with E-state index in [1.54, 1.807) is 45.0 Å². The number of H-pyrrole nitrogens is 1. The first-order chi connectivity index (χ1) is 11.9. The molecular formula is C18H21ClN2O4. The lowest BCUT2D eigenvalue weighted by atomic mass is 10.1. The van der Waals surface area contributed by atoms with Gasteiger partial charge in [-0.1, -0.05) is 11.6 Å². The molecule has 0 aliphatic rings. The van der Waals surface area contributed by atoms with Crippen LogP contribution in [0.15, 0.2) is 24.3 Å². The second-order valence-electron chi connectivity index (χ2n) is 5.40. The highest BCUT2D eigenvalue weighted by atomic mass is 35.5. The first-order valence-corrected chi connectivity index (χ1v) is 8.34. The van der Waals surface area contributed by atoms with Crippen molar-refractivity contribution in [3.8, 4) is 5.75 Å². The molecule has 6 nitrogen and oxygen atoms in total. The molecule has 1 aromatic heterocycles. The average Bonchev–Trinajstić information content (AvgIpc) is 2.88. The van der Waals surface area contributed by atoms with Crippen LogP contribution in [0.2, 0.25) is 5.02 Å². The summed E-state index contributed by atoms with van der Waals surface area (Å²) in [5, 5.41) is 3.42. The molecule has 134 valence electrons. The van der Waals surface area contributed by atoms with E-state index >= 15 is 0 Å². The highest BCUT2D eigenvalue weighted by molar-refractivity contribution is 6.30. The molecule has 1 heterocycles. The lowest BCUT2D eigenvalue weighted by molar-refractivity contribution is 0.0519. The van der Waals surface area contributed by atoms with Crippen LogP contribution in [-0.2, 0) is 4.74 Å². The monoisotopic (exact) mass is 364 g/mol. The third kappa shape index (κ3) is 4.76. The Morgan fingerprint density at radius 3 is 2.52 bits per heavy atom. The number of carbonyl (C=O) groups is 2. The standard InChI is InChI=1S/C18H21ClN2O4/c1-4-24-18(23)16-11(2)15(12(3)21-16)17(22)20-9-10-25-14-7-5-13(19)6-8-14/h5-8,21H,4,9-10H2,1-3H3,(H,20,22). The molecule has 0 saturated heterocycles. The van der Waals surface area contributed by atoms with Crippen molar-refractivity contribution in [3.63, 3.8) is 0 Å². The van der Waals surface area contributed by atoms with Crippen LogP contribution < -0.4 is 10.1 Å². The third-order valence-corrected chi connectivity index (χ3v) is 3.87. The number of hydrogen-bond donors (Lipinski definition) is 2. The Hall–Kier alpha value is -2.47. The van der Waals surface area contributed by atoms with Gasteiger partial charge in [-0.05, 0) is 50.6 Å². The van der Waals surface area contributed by atoms with E-state index in [4.69, 9.17) is 21.1 Å². The van der Waals surface area contributed by atoms with Gasteiger partial charge in [0.1, 0.15) is 18.1 Å². The van der Waals surface area contributed by atoms with Crippen LogP contribution in [0.4, 0.5) is 0 Å². The van der Waals surface area contributed by atoms with E-state index in [9.17, 15) is 9.59 Å². The van der Waals surface area contributed by atoms with Crippen LogP contribution in [0.5, 0.6) is 5.75 Å². The van der Waals surface area contributed by atoms with Crippen LogP contribution in [0.1, 0.15) is 39.0 Å². The molecule has 0 fully saturated rings. The molecule has 1 amide bonds. The minimum Gasteiger partial charge on any atom is -0.492 e. The molecule has 0 saturated carbocycles. The minimum absolute atomic E-state index is 0.262. The fourth-order valence-electron chi connectivity index (χ4n) is 2.45. The van der Waals surface area contributed by atoms with Crippen LogP contribution in [0.25, 0.3) is 0 Å². The first kappa shape index (κ1) is 18.9. The molecule has 7 heteroatoms. The molecule has 0 atom stereocenters. The normalized spacial score (nSPS) is 10.4. The first-order valence-electron chi connectivity index (χ1n) is 7.96. The van der Waals surface area contributed by atoms with Gasteiger partial charge in [-0.3, -0.25) is 4.79 Å². The van der Waals surface area contributed by atoms with Crippen molar-refractivity contribution in [2.45, 2.75) is 20.8 Å². The molecule has 0 unspecified atom stereocenters. The lowest BCUT2D eigenvalue weighted by Gasteiger charge is -2.08. The number of nitrogens with one attached hydrogen (secondary N) is 2. The third-order valence-electron chi connectivity index (χ3n) is 3.61. The number of aromatic nitrogens is 1. The molecule has 2 N–H and O–H groups in total. The maximum atomic E-state index is 12.4. The number of amides is 1. The summed E-state index contributed by atoms with van der Waals surface area (Å²) in [5.41, 5.74) is 1.96. The van der Waals surface area contributed by atoms with Gasteiger partial charge >= 0.3 is 5.97 Å². The van der Waals surface area contributed by atoms with Crippen molar-refractivity contribution >= 4 is 23.5 Å². The SMILES string of the molecule is CCOC(=O)c1[nH]c(C)c(C(=O)NCCOc2ccc(Cl)cc2)c1C. The van der Waals surface area contributed by atoms with Crippen molar-refractivity contribution < 1.29 is 19.1 Å². The largest absolute Gasteiger partial charge is 0.492 e. The number of halogens is 1. The average molecular weight is 365 g/mol. The summed E-state index contributed by atoms with van der Waals surface area (Å²) in [6.07, 6.45) is 0. The summed E-state index contributed by atoms with van der Waals surface area (Å²) in [5.74, 6) is -0.0491. The number of benzene rings is 1. The fraction of sp³-hybridized carbons (Fsp3) is 0.333. The second kappa shape index (κ2) is 8.58. The quantitative estimate of drug-likeness (QED) is 0.583. The molecule has 0 bridgehead atoms. The predicted octanol–water partition coefficient (Wildman–Crippen LogP) is 3.27. The van der Waals surface area contributed by atoms with E-state index in [1.807, 2.05) is 0 Å². The predicted molar refractivity (Wildman–Crippen MR) is 95.5 cm³/mol. The Morgan fingerprint density at radius 1 is 1.20 bits per heavy atom. The summed E-state index contributed by atoms with van der Waals surface area (Å²) < 4.78 is 10.5. The van der Waals surface area contributed by atoms with E-state index in [0.29, 0.717) is 46.4 Å². The van der Waals surface area contributed by atoms with Gasteiger partial charge in [0, 0.05) is 10.7 Å². The molecule has 0 radical (unpaired) electrons. The lowest BCUT2D eigenvalue weighted by Crippen LogP contribution is -2.28. The number of rotatable bonds is 7. The topological polar surface area (TPSA) is 80.4 Å². The number of aryl methyl sites for hydroxylation is 1. The van der Waals surface area contributed by atoms with Gasteiger partial charge in [0.25, 0.3) is 5.91 Å². The van der Waals surface area contributed by atoms with Crippen molar-refractivity contribution in [1.29, 1.82) is 0 Å². The van der Waals surface area contributed by atoms with E-state index in [-0.39, 0.29) is 12.5 Å². The number of aromatic amines is 1. The van der Waals surface area contributed by atoms with Crippen LogP contribution in [0.3, 0.4) is 0 Å². The zero-order chi connectivity index (χ0) is 18.4. The molecular weight excluding hydrogens is 344 g/mol. The summed E-state index contributed by atoms with van der Waals surface area (Å²) >= 11 is 5.81. The zero-order valence-corrected chi connectivity index (χ0v) is 15.2. The Morgan fingerprint density at radius 2 is 1.88 bits per heavy atom. The van der Waals surface area contributed by atoms with Gasteiger partial charge in [-0.2, -0.15) is 0 Å². The van der Waals surface area contributed by atoms with Crippen molar-refractivity contribution in [3.05, 3.63) is 51.8 Å². The highest BCUT2D eigenvalue weighted by Crippen LogP contribution is 2.19. The van der Waals surface area contributed by atoms with Gasteiger partial charge in [0.2, 0.25) is 0 Å². The molecule has 0 spiro atoms. The second-order valence-corrected chi connectivity index (χ2v) is 5.84. The summed E-state index contributed by atoms with van der Waals surface area (Å²) in [7, 11) is 0. The number of esters is 1. The molecule has 2 rings (SSSR count). The van der Waals surface area contributed by atoms with Gasteiger partial charge in [-0.25, -0.2) is 4.79 Å². The van der Waals surface area contributed by atoms with E-state index in [0.717, 1.165) is 0 Å². The molecule has 0 aliphatic carbocycles. The summed E-state index contributed by atoms with van der Waals surface area (Å²) in [4.78, 5) is 27.2. The van der Waals surface area contributed by atoms with E-state index < -0.39 is 5.97 Å². The van der Waals surface area contributed by atoms with Crippen molar-refractivity contribution in [2.24, 2.45) is 0 Å². The molecule has 2 aromatic rings. The molecule has 0 aliphatic heterocycles. The Bertz CT molecular complexity index is 753. The number of ether oxygens (including phenoxy) is 2. The maximum Gasteiger partial charge on any atom is 0.355 e. The fourth-order valence-corrected chi connectivity index (χ4v) is 2.58. The van der Waals surface area contributed by atoms with Gasteiger partial charge in [0.15, 0.2) is 0 Å². The van der Waals surface area contributed by atoms with Gasteiger partial charge < -0.3 is 19.8 Å². The zero-order valence-electron chi connectivity index (χ0n) is 14.4. The van der Waals surface area contributed by atoms with Gasteiger partial charge in [-0.15, -0.1) is 0 Å². The Kier molecular flexibility index (Phi) is 6.47. The molecule has 25 heavy (non-hydrogen) atoms. The Balaban J connectivity index is 1.92.